The Morgan fingerprint density at radius 3 is 2.86 bits per heavy atom. The maximum atomic E-state index is 12.7. The summed E-state index contributed by atoms with van der Waals surface area (Å²) >= 11 is 2.86. The van der Waals surface area contributed by atoms with Crippen molar-refractivity contribution >= 4 is 39.8 Å². The second-order valence-corrected chi connectivity index (χ2v) is 8.73. The summed E-state index contributed by atoms with van der Waals surface area (Å²) in [6, 6.07) is 11.6. The molecule has 1 heterocycles. The number of nitrogens with one attached hydrogen (secondary N) is 1. The number of para-hydroxylation sites is 1. The number of hydrogen-bond donors (Lipinski definition) is 1. The summed E-state index contributed by atoms with van der Waals surface area (Å²) in [6.07, 6.45) is 3.83. The van der Waals surface area contributed by atoms with Gasteiger partial charge in [0.25, 0.3) is 0 Å². The summed E-state index contributed by atoms with van der Waals surface area (Å²) in [7, 11) is 0. The molecule has 28 heavy (non-hydrogen) atoms. The number of carbonyl (C=O) groups excluding carboxylic acids is 1. The van der Waals surface area contributed by atoms with Crippen molar-refractivity contribution in [1.29, 1.82) is 5.26 Å². The number of anilines is 2. The molecule has 2 rings (SSSR count). The van der Waals surface area contributed by atoms with Crippen molar-refractivity contribution in [1.82, 2.24) is 10.2 Å². The van der Waals surface area contributed by atoms with Crippen LogP contribution in [0.3, 0.4) is 0 Å². The Bertz CT molecular complexity index is 759. The second kappa shape index (κ2) is 12.4. The van der Waals surface area contributed by atoms with E-state index in [4.69, 9.17) is 5.26 Å². The van der Waals surface area contributed by atoms with E-state index in [2.05, 4.69) is 35.4 Å². The topological polar surface area (TPSA) is 81.9 Å². The van der Waals surface area contributed by atoms with Crippen LogP contribution in [0.25, 0.3) is 0 Å². The minimum absolute atomic E-state index is 0.0373. The lowest BCUT2D eigenvalue weighted by molar-refractivity contribution is -0.116. The van der Waals surface area contributed by atoms with Crippen LogP contribution in [0.5, 0.6) is 0 Å². The molecule has 0 aliphatic rings. The van der Waals surface area contributed by atoms with E-state index in [1.807, 2.05) is 30.3 Å². The lowest BCUT2D eigenvalue weighted by Gasteiger charge is -2.21. The number of aromatic nitrogens is 2. The van der Waals surface area contributed by atoms with Gasteiger partial charge in [0, 0.05) is 18.8 Å². The zero-order valence-electron chi connectivity index (χ0n) is 16.4. The molecule has 1 amide bonds. The molecule has 0 saturated heterocycles. The third-order valence-electron chi connectivity index (χ3n) is 4.39. The molecule has 0 radical (unpaired) electrons. The van der Waals surface area contributed by atoms with E-state index in [0.29, 0.717) is 13.0 Å². The van der Waals surface area contributed by atoms with Crippen molar-refractivity contribution in [3.05, 3.63) is 30.3 Å². The summed E-state index contributed by atoms with van der Waals surface area (Å²) in [4.78, 5) is 14.3. The Hall–Kier alpha value is -2.11. The Balaban J connectivity index is 1.82. The summed E-state index contributed by atoms with van der Waals surface area (Å²) in [5.41, 5.74) is 0.810. The summed E-state index contributed by atoms with van der Waals surface area (Å²) in [5, 5.41) is 21.3. The van der Waals surface area contributed by atoms with E-state index in [9.17, 15) is 4.79 Å². The number of nitriles is 1. The molecule has 1 atom stereocenters. The minimum atomic E-state index is -0.0373. The molecule has 0 aliphatic carbocycles. The number of hydrogen-bond acceptors (Lipinski definition) is 7. The second-order valence-electron chi connectivity index (χ2n) is 6.53. The summed E-state index contributed by atoms with van der Waals surface area (Å²) in [6.45, 7) is 5.76. The average Bonchev–Trinajstić information content (AvgIpc) is 3.18. The van der Waals surface area contributed by atoms with E-state index in [1.54, 1.807) is 4.90 Å². The monoisotopic (exact) mass is 417 g/mol. The first-order chi connectivity index (χ1) is 13.6. The lowest BCUT2D eigenvalue weighted by atomic mass is 10.0. The van der Waals surface area contributed by atoms with Crippen molar-refractivity contribution in [3.63, 3.8) is 0 Å². The van der Waals surface area contributed by atoms with Gasteiger partial charge in [0.1, 0.15) is 0 Å². The molecule has 0 unspecified atom stereocenters. The molecule has 0 fully saturated rings. The van der Waals surface area contributed by atoms with Gasteiger partial charge in [-0.15, -0.1) is 10.2 Å². The number of amides is 1. The van der Waals surface area contributed by atoms with Gasteiger partial charge in [0.15, 0.2) is 4.34 Å². The molecular formula is C20H27N5OS2. The molecule has 1 aromatic heterocycles. The van der Waals surface area contributed by atoms with Gasteiger partial charge >= 0.3 is 0 Å². The van der Waals surface area contributed by atoms with Crippen LogP contribution in [0.2, 0.25) is 0 Å². The van der Waals surface area contributed by atoms with Gasteiger partial charge in [-0.3, -0.25) is 4.79 Å². The highest BCUT2D eigenvalue weighted by Crippen LogP contribution is 2.26. The number of thioether (sulfide) groups is 1. The number of carbonyl (C=O) groups is 1. The summed E-state index contributed by atoms with van der Waals surface area (Å²) < 4.78 is 0.770. The number of benzene rings is 1. The van der Waals surface area contributed by atoms with Crippen LogP contribution in [0.15, 0.2) is 34.7 Å². The van der Waals surface area contributed by atoms with Gasteiger partial charge in [-0.05, 0) is 30.9 Å². The smallest absolute Gasteiger partial charge is 0.237 e. The Morgan fingerprint density at radius 1 is 1.36 bits per heavy atom. The quantitative estimate of drug-likeness (QED) is 0.394. The average molecular weight is 418 g/mol. The zero-order chi connectivity index (χ0) is 20.2. The van der Waals surface area contributed by atoms with Crippen LogP contribution in [0.4, 0.5) is 10.8 Å². The molecule has 6 nitrogen and oxygen atoms in total. The fourth-order valence-corrected chi connectivity index (χ4v) is 4.21. The first-order valence-corrected chi connectivity index (χ1v) is 11.4. The minimum Gasteiger partial charge on any atom is -0.360 e. The molecule has 2 aromatic rings. The van der Waals surface area contributed by atoms with Gasteiger partial charge in [0.2, 0.25) is 11.0 Å². The van der Waals surface area contributed by atoms with Crippen LogP contribution in [-0.2, 0) is 4.79 Å². The van der Waals surface area contributed by atoms with Crippen LogP contribution >= 0.6 is 23.1 Å². The largest absolute Gasteiger partial charge is 0.360 e. The highest BCUT2D eigenvalue weighted by molar-refractivity contribution is 8.01. The maximum Gasteiger partial charge on any atom is 0.237 e. The highest BCUT2D eigenvalue weighted by atomic mass is 32.2. The Labute approximate surface area is 175 Å². The van der Waals surface area contributed by atoms with E-state index < -0.39 is 0 Å². The standard InChI is InChI=1S/C20H27N5OS2/c1-3-16(2)9-7-13-22-19-23-24-20(28-19)27-15-18(26)25(14-8-12-21)17-10-5-4-6-11-17/h4-6,10-11,16H,3,7-9,13-15H2,1-2H3,(H,22,23)/t16-/m1/s1. The SMILES string of the molecule is CC[C@@H](C)CCCNc1nnc(SCC(=O)N(CCC#N)c2ccccc2)s1. The molecule has 0 spiro atoms. The van der Waals surface area contributed by atoms with Crippen LogP contribution in [0.1, 0.15) is 39.5 Å². The maximum absolute atomic E-state index is 12.7. The van der Waals surface area contributed by atoms with E-state index in [1.165, 1.54) is 35.9 Å². The van der Waals surface area contributed by atoms with Crippen LogP contribution in [-0.4, -0.2) is 34.9 Å². The van der Waals surface area contributed by atoms with E-state index in [0.717, 1.165) is 34.0 Å². The fraction of sp³-hybridized carbons (Fsp3) is 0.500. The van der Waals surface area contributed by atoms with Crippen molar-refractivity contribution in [2.24, 2.45) is 5.92 Å². The highest BCUT2D eigenvalue weighted by Gasteiger charge is 2.16. The van der Waals surface area contributed by atoms with Gasteiger partial charge in [-0.2, -0.15) is 5.26 Å². The normalized spacial score (nSPS) is 11.6. The first kappa shape index (κ1) is 22.2. The van der Waals surface area contributed by atoms with Crippen molar-refractivity contribution in [2.75, 3.05) is 29.1 Å². The van der Waals surface area contributed by atoms with Crippen molar-refractivity contribution in [2.45, 2.75) is 43.9 Å². The Kier molecular flexibility index (Phi) is 9.80. The predicted molar refractivity (Wildman–Crippen MR) is 117 cm³/mol. The molecule has 8 heteroatoms. The van der Waals surface area contributed by atoms with Crippen LogP contribution < -0.4 is 10.2 Å². The fourth-order valence-electron chi connectivity index (χ4n) is 2.56. The molecule has 150 valence electrons. The predicted octanol–water partition coefficient (Wildman–Crippen LogP) is 4.82. The van der Waals surface area contributed by atoms with Crippen molar-refractivity contribution in [3.8, 4) is 6.07 Å². The Morgan fingerprint density at radius 2 is 2.14 bits per heavy atom. The lowest BCUT2D eigenvalue weighted by Crippen LogP contribution is -2.33. The van der Waals surface area contributed by atoms with Gasteiger partial charge in [-0.1, -0.05) is 61.6 Å². The molecule has 0 aliphatic heterocycles. The van der Waals surface area contributed by atoms with Gasteiger partial charge in [0.05, 0.1) is 18.2 Å². The third-order valence-corrected chi connectivity index (χ3v) is 6.39. The van der Waals surface area contributed by atoms with E-state index >= 15 is 0 Å². The van der Waals surface area contributed by atoms with Crippen molar-refractivity contribution < 1.29 is 4.79 Å². The molecule has 1 N–H and O–H groups in total. The molecule has 1 aromatic carbocycles. The van der Waals surface area contributed by atoms with Gasteiger partial charge < -0.3 is 10.2 Å². The third kappa shape index (κ3) is 7.49. The number of nitrogens with zero attached hydrogens (tertiary/aromatic N) is 4. The number of rotatable bonds is 12. The van der Waals surface area contributed by atoms with Gasteiger partial charge in [-0.25, -0.2) is 0 Å². The molecule has 0 saturated carbocycles. The summed E-state index contributed by atoms with van der Waals surface area (Å²) in [5.74, 6) is 0.981. The first-order valence-electron chi connectivity index (χ1n) is 9.56. The van der Waals surface area contributed by atoms with E-state index in [-0.39, 0.29) is 11.7 Å². The zero-order valence-corrected chi connectivity index (χ0v) is 18.1. The molecular weight excluding hydrogens is 390 g/mol. The molecule has 0 bridgehead atoms. The van der Waals surface area contributed by atoms with Crippen LogP contribution in [0, 0.1) is 17.2 Å².